The van der Waals surface area contributed by atoms with Gasteiger partial charge in [-0.2, -0.15) is 0 Å². The normalized spacial score (nSPS) is 10.3. The maximum Gasteiger partial charge on any atom is 0.337 e. The molecule has 0 saturated carbocycles. The Morgan fingerprint density at radius 1 is 0.675 bits per heavy atom. The van der Waals surface area contributed by atoms with Crippen molar-refractivity contribution in [3.05, 3.63) is 122 Å². The first-order chi connectivity index (χ1) is 19.2. The molecule has 0 spiro atoms. The van der Waals surface area contributed by atoms with E-state index in [0.29, 0.717) is 36.8 Å². The number of benzene rings is 1. The molecule has 5 aromatic rings. The number of terminal acetylenes is 1. The van der Waals surface area contributed by atoms with Crippen LogP contribution in [0.3, 0.4) is 0 Å². The first-order valence-electron chi connectivity index (χ1n) is 11.8. The average Bonchev–Trinajstić information content (AvgIpc) is 2.89. The number of nitrogens with one attached hydrogen (secondary N) is 4. The van der Waals surface area contributed by atoms with Gasteiger partial charge in [0.15, 0.2) is 0 Å². The Morgan fingerprint density at radius 2 is 1.18 bits per heavy atom. The molecule has 0 unspecified atom stereocenters. The third-order valence-corrected chi connectivity index (χ3v) is 5.51. The minimum atomic E-state index is -0.722. The van der Waals surface area contributed by atoms with Crippen molar-refractivity contribution in [2.24, 2.45) is 0 Å². The minimum absolute atomic E-state index is 0.114. The fourth-order valence-electron chi connectivity index (χ4n) is 3.84. The summed E-state index contributed by atoms with van der Waals surface area (Å²) >= 11 is 0. The van der Waals surface area contributed by atoms with Crippen LogP contribution in [0.5, 0.6) is 0 Å². The first-order valence-corrected chi connectivity index (χ1v) is 11.8. The number of H-pyrrole nitrogens is 4. The lowest BCUT2D eigenvalue weighted by Crippen LogP contribution is -2.24. The fourth-order valence-corrected chi connectivity index (χ4v) is 3.84. The lowest BCUT2D eigenvalue weighted by Gasteiger charge is -2.01. The molecular formula is C28H20N4O8. The second-order valence-corrected chi connectivity index (χ2v) is 8.28. The molecule has 4 N–H and O–H groups in total. The van der Waals surface area contributed by atoms with Crippen molar-refractivity contribution < 1.29 is 8.83 Å². The van der Waals surface area contributed by atoms with Gasteiger partial charge in [-0.15, -0.1) is 12.3 Å². The van der Waals surface area contributed by atoms with Gasteiger partial charge in [-0.1, -0.05) is 30.0 Å². The van der Waals surface area contributed by atoms with Crippen molar-refractivity contribution >= 4 is 22.2 Å². The predicted octanol–water partition coefficient (Wildman–Crippen LogP) is 0.889. The highest BCUT2D eigenvalue weighted by atomic mass is 16.4. The molecule has 0 radical (unpaired) electrons. The van der Waals surface area contributed by atoms with Crippen LogP contribution in [-0.2, 0) is 12.8 Å². The molecule has 0 aliphatic carbocycles. The van der Waals surface area contributed by atoms with Crippen molar-refractivity contribution in [3.63, 3.8) is 0 Å². The molecule has 12 heteroatoms. The van der Waals surface area contributed by atoms with E-state index in [2.05, 4.69) is 37.7 Å². The summed E-state index contributed by atoms with van der Waals surface area (Å²) in [4.78, 5) is 77.3. The lowest BCUT2D eigenvalue weighted by atomic mass is 10.1. The molecule has 4 aromatic heterocycles. The van der Waals surface area contributed by atoms with Crippen molar-refractivity contribution in [2.45, 2.75) is 25.7 Å². The predicted molar refractivity (Wildman–Crippen MR) is 146 cm³/mol. The van der Waals surface area contributed by atoms with E-state index < -0.39 is 33.7 Å². The number of aromatic nitrogens is 4. The van der Waals surface area contributed by atoms with E-state index in [-0.39, 0.29) is 22.2 Å². The molecule has 0 saturated heterocycles. The zero-order valence-electron chi connectivity index (χ0n) is 20.7. The third-order valence-electron chi connectivity index (χ3n) is 5.51. The van der Waals surface area contributed by atoms with E-state index in [1.165, 1.54) is 12.1 Å². The van der Waals surface area contributed by atoms with Crippen molar-refractivity contribution in [3.8, 4) is 24.2 Å². The van der Waals surface area contributed by atoms with Crippen LogP contribution < -0.4 is 33.7 Å². The van der Waals surface area contributed by atoms with Gasteiger partial charge in [-0.3, -0.25) is 29.5 Å². The quantitative estimate of drug-likeness (QED) is 0.241. The molecule has 0 fully saturated rings. The highest BCUT2D eigenvalue weighted by molar-refractivity contribution is 5.75. The number of hydrogen-bond acceptors (Lipinski definition) is 8. The van der Waals surface area contributed by atoms with Crippen molar-refractivity contribution in [2.75, 3.05) is 0 Å². The zero-order valence-corrected chi connectivity index (χ0v) is 20.7. The standard InChI is InChI=1S/C17H12N2O4.C11H8N2O4/c20-13-10-12(9-5-4-8-11-6-2-1-3-7-11)14-15(21)18-17(22)19-16(14)23-13;1-2-3-4-6-5-7(14)17-10-8(6)9(15)12-11(16)13-10/h1-3,6-7,10H,5,9H2,(H2,18,19,21,22);1,5H,3-4H2,(H2,12,13,15,16). The summed E-state index contributed by atoms with van der Waals surface area (Å²) < 4.78 is 9.63. The van der Waals surface area contributed by atoms with Gasteiger partial charge in [0.2, 0.25) is 11.4 Å². The van der Waals surface area contributed by atoms with E-state index in [1.807, 2.05) is 30.3 Å². The summed E-state index contributed by atoms with van der Waals surface area (Å²) in [6, 6.07) is 12.0. The Kier molecular flexibility index (Phi) is 8.22. The molecule has 0 aliphatic heterocycles. The third kappa shape index (κ3) is 6.51. The highest BCUT2D eigenvalue weighted by Gasteiger charge is 2.11. The summed E-state index contributed by atoms with van der Waals surface area (Å²) in [5.74, 6) is 8.42. The number of aryl methyl sites for hydroxylation is 2. The summed E-state index contributed by atoms with van der Waals surface area (Å²) in [6.45, 7) is 0. The Labute approximate surface area is 222 Å². The van der Waals surface area contributed by atoms with Gasteiger partial charge < -0.3 is 8.83 Å². The molecule has 4 heterocycles. The van der Waals surface area contributed by atoms with Gasteiger partial charge in [-0.05, 0) is 36.1 Å². The largest absolute Gasteiger partial charge is 0.405 e. The molecule has 12 nitrogen and oxygen atoms in total. The summed E-state index contributed by atoms with van der Waals surface area (Å²) in [6.07, 6.45) is 6.74. The van der Waals surface area contributed by atoms with Gasteiger partial charge in [0.1, 0.15) is 10.8 Å². The van der Waals surface area contributed by atoms with Gasteiger partial charge in [0.25, 0.3) is 11.1 Å². The fraction of sp³-hybridized carbons (Fsp3) is 0.143. The van der Waals surface area contributed by atoms with E-state index in [0.717, 1.165) is 5.56 Å². The van der Waals surface area contributed by atoms with Crippen LogP contribution in [0.25, 0.3) is 22.2 Å². The van der Waals surface area contributed by atoms with E-state index in [9.17, 15) is 28.8 Å². The molecule has 40 heavy (non-hydrogen) atoms. The summed E-state index contributed by atoms with van der Waals surface area (Å²) in [5, 5.41) is 0.324. The minimum Gasteiger partial charge on any atom is -0.405 e. The Balaban J connectivity index is 0.000000194. The van der Waals surface area contributed by atoms with Gasteiger partial charge in [0, 0.05) is 30.5 Å². The van der Waals surface area contributed by atoms with Crippen molar-refractivity contribution in [1.29, 1.82) is 0 Å². The first kappa shape index (κ1) is 27.2. The molecule has 0 aliphatic rings. The van der Waals surface area contributed by atoms with Crippen LogP contribution in [0.15, 0.2) is 80.1 Å². The van der Waals surface area contributed by atoms with E-state index in [1.54, 1.807) is 0 Å². The Hall–Kier alpha value is -5.88. The van der Waals surface area contributed by atoms with E-state index >= 15 is 0 Å². The molecule has 0 amide bonds. The monoisotopic (exact) mass is 540 g/mol. The highest BCUT2D eigenvalue weighted by Crippen LogP contribution is 2.11. The van der Waals surface area contributed by atoms with Gasteiger partial charge in [0.05, 0.1) is 0 Å². The number of fused-ring (bicyclic) bond motifs is 2. The van der Waals surface area contributed by atoms with Crippen molar-refractivity contribution in [1.82, 2.24) is 19.9 Å². The van der Waals surface area contributed by atoms with Crippen LogP contribution in [0.1, 0.15) is 29.5 Å². The van der Waals surface area contributed by atoms with Crippen LogP contribution in [0.2, 0.25) is 0 Å². The molecular weight excluding hydrogens is 520 g/mol. The second kappa shape index (κ2) is 12.1. The zero-order chi connectivity index (χ0) is 28.6. The SMILES string of the molecule is C#CCCc1cc(=O)oc2[nH]c(=O)[nH]c(=O)c12.O=c1[nH]c(=O)c2c(CCC#Cc3ccccc3)cc(=O)oc2[nH]1. The topological polar surface area (TPSA) is 192 Å². The molecule has 5 rings (SSSR count). The maximum atomic E-state index is 11.9. The van der Waals surface area contributed by atoms with Crippen LogP contribution in [-0.4, -0.2) is 19.9 Å². The summed E-state index contributed by atoms with van der Waals surface area (Å²) in [7, 11) is 0. The van der Waals surface area contributed by atoms with Crippen LogP contribution in [0.4, 0.5) is 0 Å². The molecule has 0 bridgehead atoms. The van der Waals surface area contributed by atoms with Crippen LogP contribution >= 0.6 is 0 Å². The Morgan fingerprint density at radius 3 is 1.68 bits per heavy atom. The second-order valence-electron chi connectivity index (χ2n) is 8.28. The molecule has 1 aromatic carbocycles. The van der Waals surface area contributed by atoms with Crippen LogP contribution in [0, 0.1) is 24.2 Å². The van der Waals surface area contributed by atoms with Gasteiger partial charge in [-0.25, -0.2) is 19.2 Å². The number of aromatic amines is 4. The smallest absolute Gasteiger partial charge is 0.337 e. The summed E-state index contributed by atoms with van der Waals surface area (Å²) in [5.41, 5.74) is -2.26. The number of rotatable bonds is 4. The Bertz CT molecular complexity index is 2150. The maximum absolute atomic E-state index is 11.9. The number of hydrogen-bond donors (Lipinski definition) is 4. The average molecular weight is 540 g/mol. The lowest BCUT2D eigenvalue weighted by molar-refractivity contribution is 0.544. The van der Waals surface area contributed by atoms with Gasteiger partial charge >= 0.3 is 22.6 Å². The molecule has 0 atom stereocenters. The molecule has 200 valence electrons. The van der Waals surface area contributed by atoms with E-state index in [4.69, 9.17) is 15.3 Å².